The first-order valence-corrected chi connectivity index (χ1v) is 4.90. The van der Waals surface area contributed by atoms with E-state index in [1.165, 1.54) is 0 Å². The third kappa shape index (κ3) is 3.36. The first kappa shape index (κ1) is 11.7. The van der Waals surface area contributed by atoms with Gasteiger partial charge in [0.15, 0.2) is 0 Å². The highest BCUT2D eigenvalue weighted by atomic mass is 16.3. The van der Waals surface area contributed by atoms with Gasteiger partial charge in [0.1, 0.15) is 5.82 Å². The van der Waals surface area contributed by atoms with Crippen molar-refractivity contribution >= 4 is 11.8 Å². The summed E-state index contributed by atoms with van der Waals surface area (Å²) in [5, 5.41) is 9.27. The highest BCUT2D eigenvalue weighted by Crippen LogP contribution is 2.11. The van der Waals surface area contributed by atoms with E-state index in [1.807, 2.05) is 37.0 Å². The molecule has 1 heterocycles. The summed E-state index contributed by atoms with van der Waals surface area (Å²) >= 11 is 0. The van der Waals surface area contributed by atoms with Gasteiger partial charge in [-0.1, -0.05) is 0 Å². The molecule has 0 saturated heterocycles. The minimum atomic E-state index is -0.368. The van der Waals surface area contributed by atoms with E-state index >= 15 is 0 Å². The fourth-order valence-corrected chi connectivity index (χ4v) is 1.26. The van der Waals surface area contributed by atoms with Gasteiger partial charge in [0.25, 0.3) is 0 Å². The van der Waals surface area contributed by atoms with Crippen LogP contribution in [0.25, 0.3) is 0 Å². The molecule has 0 aliphatic heterocycles. The minimum absolute atomic E-state index is 0.368. The lowest BCUT2D eigenvalue weighted by atomic mass is 10.4. The van der Waals surface area contributed by atoms with Gasteiger partial charge in [-0.15, -0.1) is 0 Å². The number of hydrogen-bond acceptors (Lipinski definition) is 5. The molecule has 5 nitrogen and oxygen atoms in total. The fourth-order valence-electron chi connectivity index (χ4n) is 1.26. The van der Waals surface area contributed by atoms with E-state index in [4.69, 9.17) is 0 Å². The predicted octanol–water partition coefficient (Wildman–Crippen LogP) is 0.360. The van der Waals surface area contributed by atoms with Gasteiger partial charge in [-0.25, -0.2) is 4.98 Å². The van der Waals surface area contributed by atoms with E-state index in [9.17, 15) is 5.11 Å². The van der Waals surface area contributed by atoms with Crippen molar-refractivity contribution in [3.63, 3.8) is 0 Å². The maximum Gasteiger partial charge on any atom is 0.226 e. The van der Waals surface area contributed by atoms with Crippen molar-refractivity contribution in [1.82, 2.24) is 9.97 Å². The van der Waals surface area contributed by atoms with E-state index in [2.05, 4.69) is 9.97 Å². The van der Waals surface area contributed by atoms with Gasteiger partial charge in [-0.2, -0.15) is 4.98 Å². The molecule has 0 bridgehead atoms. The molecule has 1 unspecified atom stereocenters. The van der Waals surface area contributed by atoms with Crippen LogP contribution in [0.2, 0.25) is 0 Å². The topological polar surface area (TPSA) is 52.5 Å². The molecule has 1 aromatic heterocycles. The SMILES string of the molecule is CC(O)CN(C)c1ccnc(N(C)C)n1. The number of rotatable bonds is 4. The third-order valence-electron chi connectivity index (χ3n) is 1.96. The van der Waals surface area contributed by atoms with Gasteiger partial charge >= 0.3 is 0 Å². The second-order valence-corrected chi connectivity index (χ2v) is 3.84. The van der Waals surface area contributed by atoms with Crippen molar-refractivity contribution in [3.05, 3.63) is 12.3 Å². The zero-order valence-corrected chi connectivity index (χ0v) is 9.68. The summed E-state index contributed by atoms with van der Waals surface area (Å²) < 4.78 is 0. The second-order valence-electron chi connectivity index (χ2n) is 3.84. The van der Waals surface area contributed by atoms with Gasteiger partial charge in [0, 0.05) is 33.9 Å². The summed E-state index contributed by atoms with van der Waals surface area (Å²) in [7, 11) is 5.69. The first-order chi connectivity index (χ1) is 7.00. The van der Waals surface area contributed by atoms with Crippen LogP contribution in [0.5, 0.6) is 0 Å². The Morgan fingerprint density at radius 2 is 2.07 bits per heavy atom. The van der Waals surface area contributed by atoms with Crippen LogP contribution in [0, 0.1) is 0 Å². The highest BCUT2D eigenvalue weighted by molar-refractivity contribution is 5.42. The van der Waals surface area contributed by atoms with Crippen LogP contribution < -0.4 is 9.80 Å². The maximum atomic E-state index is 9.27. The average molecular weight is 210 g/mol. The molecule has 0 amide bonds. The lowest BCUT2D eigenvalue weighted by molar-refractivity contribution is 0.201. The summed E-state index contributed by atoms with van der Waals surface area (Å²) in [6.07, 6.45) is 1.35. The van der Waals surface area contributed by atoms with Crippen molar-refractivity contribution < 1.29 is 5.11 Å². The Morgan fingerprint density at radius 3 is 2.60 bits per heavy atom. The van der Waals surface area contributed by atoms with Gasteiger partial charge in [0.05, 0.1) is 6.10 Å². The van der Waals surface area contributed by atoms with Crippen LogP contribution in [0.1, 0.15) is 6.92 Å². The summed E-state index contributed by atoms with van der Waals surface area (Å²) in [5.74, 6) is 1.49. The molecule has 1 N–H and O–H groups in total. The standard InChI is InChI=1S/C10H18N4O/c1-8(15)7-14(4)9-5-6-11-10(12-9)13(2)3/h5-6,8,15H,7H2,1-4H3. The van der Waals surface area contributed by atoms with Crippen molar-refractivity contribution in [2.45, 2.75) is 13.0 Å². The van der Waals surface area contributed by atoms with Crippen molar-refractivity contribution in [2.24, 2.45) is 0 Å². The van der Waals surface area contributed by atoms with E-state index < -0.39 is 0 Å². The van der Waals surface area contributed by atoms with Crippen LogP contribution in [0.3, 0.4) is 0 Å². The lowest BCUT2D eigenvalue weighted by Crippen LogP contribution is -2.28. The van der Waals surface area contributed by atoms with Gasteiger partial charge in [-0.05, 0) is 13.0 Å². The molecule has 0 radical (unpaired) electrons. The zero-order valence-electron chi connectivity index (χ0n) is 9.68. The molecule has 0 aromatic carbocycles. The van der Waals surface area contributed by atoms with E-state index in [1.54, 1.807) is 13.1 Å². The number of aromatic nitrogens is 2. The Labute approximate surface area is 90.4 Å². The van der Waals surface area contributed by atoms with Crippen LogP contribution in [-0.4, -0.2) is 48.9 Å². The van der Waals surface area contributed by atoms with Crippen LogP contribution in [-0.2, 0) is 0 Å². The molecule has 0 saturated carbocycles. The number of aliphatic hydroxyl groups is 1. The number of aliphatic hydroxyl groups excluding tert-OH is 1. The summed E-state index contributed by atoms with van der Waals surface area (Å²) in [4.78, 5) is 12.2. The number of likely N-dealkylation sites (N-methyl/N-ethyl adjacent to an activating group) is 1. The molecule has 0 fully saturated rings. The van der Waals surface area contributed by atoms with Gasteiger partial charge in [-0.3, -0.25) is 0 Å². The average Bonchev–Trinajstić information content (AvgIpc) is 2.17. The van der Waals surface area contributed by atoms with Crippen LogP contribution >= 0.6 is 0 Å². The largest absolute Gasteiger partial charge is 0.392 e. The number of anilines is 2. The second kappa shape index (κ2) is 4.93. The van der Waals surface area contributed by atoms with Gasteiger partial charge < -0.3 is 14.9 Å². The predicted molar refractivity (Wildman–Crippen MR) is 61.3 cm³/mol. The molecule has 0 spiro atoms. The molecule has 1 rings (SSSR count). The Morgan fingerprint density at radius 1 is 1.40 bits per heavy atom. The van der Waals surface area contributed by atoms with Gasteiger partial charge in [0.2, 0.25) is 5.95 Å². The van der Waals surface area contributed by atoms with E-state index in [0.717, 1.165) is 5.82 Å². The van der Waals surface area contributed by atoms with Crippen LogP contribution in [0.15, 0.2) is 12.3 Å². The zero-order chi connectivity index (χ0) is 11.4. The Balaban J connectivity index is 2.80. The van der Waals surface area contributed by atoms with E-state index in [0.29, 0.717) is 12.5 Å². The number of hydrogen-bond donors (Lipinski definition) is 1. The molecule has 5 heteroatoms. The Kier molecular flexibility index (Phi) is 3.85. The molecule has 15 heavy (non-hydrogen) atoms. The monoisotopic (exact) mass is 210 g/mol. The van der Waals surface area contributed by atoms with E-state index in [-0.39, 0.29) is 6.10 Å². The molecule has 0 aliphatic rings. The first-order valence-electron chi connectivity index (χ1n) is 4.90. The molecule has 1 aromatic rings. The molecular weight excluding hydrogens is 192 g/mol. The third-order valence-corrected chi connectivity index (χ3v) is 1.96. The van der Waals surface area contributed by atoms with Crippen molar-refractivity contribution in [3.8, 4) is 0 Å². The Hall–Kier alpha value is -1.36. The normalized spacial score (nSPS) is 12.3. The quantitative estimate of drug-likeness (QED) is 0.777. The molecule has 84 valence electrons. The van der Waals surface area contributed by atoms with Crippen molar-refractivity contribution in [1.29, 1.82) is 0 Å². The number of nitrogens with zero attached hydrogens (tertiary/aromatic N) is 4. The van der Waals surface area contributed by atoms with Crippen molar-refractivity contribution in [2.75, 3.05) is 37.5 Å². The lowest BCUT2D eigenvalue weighted by Gasteiger charge is -2.20. The highest BCUT2D eigenvalue weighted by Gasteiger charge is 2.07. The molecule has 0 aliphatic carbocycles. The summed E-state index contributed by atoms with van der Waals surface area (Å²) in [6, 6.07) is 1.83. The smallest absolute Gasteiger partial charge is 0.226 e. The fraction of sp³-hybridized carbons (Fsp3) is 0.600. The Bertz CT molecular complexity index is 314. The minimum Gasteiger partial charge on any atom is -0.392 e. The summed E-state index contributed by atoms with van der Waals surface area (Å²) in [6.45, 7) is 2.31. The molecule has 1 atom stereocenters. The van der Waals surface area contributed by atoms with Crippen LogP contribution in [0.4, 0.5) is 11.8 Å². The molecular formula is C10H18N4O. The summed E-state index contributed by atoms with van der Waals surface area (Å²) in [5.41, 5.74) is 0. The maximum absolute atomic E-state index is 9.27.